The van der Waals surface area contributed by atoms with Crippen LogP contribution in [0.3, 0.4) is 0 Å². The quantitative estimate of drug-likeness (QED) is 0.370. The highest BCUT2D eigenvalue weighted by atomic mass is 16.5. The first-order chi connectivity index (χ1) is 17.7. The van der Waals surface area contributed by atoms with Gasteiger partial charge in [-0.15, -0.1) is 0 Å². The van der Waals surface area contributed by atoms with Gasteiger partial charge in [0.15, 0.2) is 0 Å². The Morgan fingerprint density at radius 2 is 1.94 bits per heavy atom. The monoisotopic (exact) mass is 482 g/mol. The van der Waals surface area contributed by atoms with E-state index in [4.69, 9.17) is 9.15 Å². The second-order valence-electron chi connectivity index (χ2n) is 9.62. The molecule has 2 heterocycles. The van der Waals surface area contributed by atoms with Gasteiger partial charge in [0.1, 0.15) is 23.7 Å². The Morgan fingerprint density at radius 1 is 1.08 bits per heavy atom. The summed E-state index contributed by atoms with van der Waals surface area (Å²) in [6, 6.07) is 18.0. The van der Waals surface area contributed by atoms with Crippen LogP contribution < -0.4 is 4.74 Å². The van der Waals surface area contributed by atoms with Crippen molar-refractivity contribution in [2.45, 2.75) is 31.7 Å². The molecule has 0 unspecified atom stereocenters. The first kappa shape index (κ1) is 24.1. The summed E-state index contributed by atoms with van der Waals surface area (Å²) in [5, 5.41) is 1.02. The molecule has 1 amide bonds. The molecule has 1 aromatic heterocycles. The minimum absolute atomic E-state index is 0.0464. The Hall–Kier alpha value is -3.57. The number of para-hydroxylation sites is 1. The molecule has 1 atom stereocenters. The fourth-order valence-electron chi connectivity index (χ4n) is 4.93. The van der Waals surface area contributed by atoms with Crippen LogP contribution in [0.25, 0.3) is 11.0 Å². The maximum absolute atomic E-state index is 13.4. The van der Waals surface area contributed by atoms with E-state index in [1.54, 1.807) is 0 Å². The van der Waals surface area contributed by atoms with Crippen LogP contribution in [0.5, 0.6) is 5.75 Å². The van der Waals surface area contributed by atoms with Gasteiger partial charge in [-0.05, 0) is 67.8 Å². The zero-order valence-electron chi connectivity index (χ0n) is 20.9. The third kappa shape index (κ3) is 5.97. The Morgan fingerprint density at radius 3 is 2.81 bits per heavy atom. The number of amides is 1. The molecule has 0 saturated carbocycles. The van der Waals surface area contributed by atoms with E-state index >= 15 is 0 Å². The third-order valence-corrected chi connectivity index (χ3v) is 6.99. The molecule has 36 heavy (non-hydrogen) atoms. The molecule has 1 aliphatic carbocycles. The van der Waals surface area contributed by atoms with Crippen LogP contribution in [0, 0.1) is 0 Å². The number of likely N-dealkylation sites (N-methyl/N-ethyl adjacent to an activating group) is 1. The molecule has 1 saturated heterocycles. The van der Waals surface area contributed by atoms with Crippen molar-refractivity contribution in [1.82, 2.24) is 9.80 Å². The average Bonchev–Trinajstić information content (AvgIpc) is 3.48. The first-order valence-electron chi connectivity index (χ1n) is 12.9. The molecule has 1 fully saturated rings. The van der Waals surface area contributed by atoms with Gasteiger partial charge in [0.05, 0.1) is 12.5 Å². The first-order valence-corrected chi connectivity index (χ1v) is 12.9. The number of hydrogen-bond donors (Lipinski definition) is 0. The van der Waals surface area contributed by atoms with Crippen molar-refractivity contribution in [1.29, 1.82) is 0 Å². The topological polar surface area (TPSA) is 45.9 Å². The number of carbonyl (C=O) groups excluding carboxylic acids is 1. The maximum atomic E-state index is 13.4. The van der Waals surface area contributed by atoms with Gasteiger partial charge in [0.25, 0.3) is 0 Å². The highest BCUT2D eigenvalue weighted by Gasteiger charge is 2.26. The smallest absolute Gasteiger partial charge is 0.230 e. The number of ether oxygens (including phenoxy) is 1. The zero-order chi connectivity index (χ0) is 24.7. The Bertz CT molecular complexity index is 1250. The van der Waals surface area contributed by atoms with E-state index in [1.165, 1.54) is 12.8 Å². The minimum atomic E-state index is -0.0662. The van der Waals surface area contributed by atoms with Crippen molar-refractivity contribution in [3.8, 4) is 5.75 Å². The molecule has 2 aromatic carbocycles. The van der Waals surface area contributed by atoms with E-state index in [-0.39, 0.29) is 18.4 Å². The van der Waals surface area contributed by atoms with E-state index in [9.17, 15) is 4.79 Å². The van der Waals surface area contributed by atoms with E-state index < -0.39 is 0 Å². The number of furan rings is 1. The van der Waals surface area contributed by atoms with Crippen molar-refractivity contribution in [3.63, 3.8) is 0 Å². The molecule has 2 aliphatic rings. The summed E-state index contributed by atoms with van der Waals surface area (Å²) in [5.41, 5.74) is 3.04. The molecule has 5 heteroatoms. The largest absolute Gasteiger partial charge is 0.489 e. The van der Waals surface area contributed by atoms with Crippen LogP contribution >= 0.6 is 0 Å². The van der Waals surface area contributed by atoms with E-state index in [0.717, 1.165) is 53.9 Å². The van der Waals surface area contributed by atoms with Crippen molar-refractivity contribution in [3.05, 3.63) is 102 Å². The Kier molecular flexibility index (Phi) is 7.67. The van der Waals surface area contributed by atoms with Gasteiger partial charge in [-0.3, -0.25) is 4.79 Å². The highest BCUT2D eigenvalue weighted by Crippen LogP contribution is 2.28. The van der Waals surface area contributed by atoms with Gasteiger partial charge in [0, 0.05) is 19.0 Å². The number of carbonyl (C=O) groups is 1. The van der Waals surface area contributed by atoms with Gasteiger partial charge >= 0.3 is 0 Å². The lowest BCUT2D eigenvalue weighted by Gasteiger charge is -2.32. The third-order valence-electron chi connectivity index (χ3n) is 6.99. The van der Waals surface area contributed by atoms with Crippen LogP contribution in [0.2, 0.25) is 0 Å². The molecular weight excluding hydrogens is 448 g/mol. The van der Waals surface area contributed by atoms with E-state index in [1.807, 2.05) is 54.4 Å². The fraction of sp³-hybridized carbons (Fsp3) is 0.323. The van der Waals surface area contributed by atoms with E-state index in [2.05, 4.69) is 47.4 Å². The molecule has 5 nitrogen and oxygen atoms in total. The summed E-state index contributed by atoms with van der Waals surface area (Å²) in [6.07, 6.45) is 14.2. The molecular formula is C31H34N2O3. The summed E-state index contributed by atoms with van der Waals surface area (Å²) in [5.74, 6) is 1.56. The molecule has 0 bridgehead atoms. The number of fused-ring (bicyclic) bond motifs is 1. The molecule has 1 aliphatic heterocycles. The second-order valence-corrected chi connectivity index (χ2v) is 9.62. The van der Waals surface area contributed by atoms with E-state index in [0.29, 0.717) is 12.4 Å². The van der Waals surface area contributed by atoms with Crippen molar-refractivity contribution >= 4 is 16.9 Å². The predicted molar refractivity (Wildman–Crippen MR) is 144 cm³/mol. The van der Waals surface area contributed by atoms with Crippen molar-refractivity contribution in [2.75, 3.05) is 33.3 Å². The zero-order valence-corrected chi connectivity index (χ0v) is 20.9. The summed E-state index contributed by atoms with van der Waals surface area (Å²) >= 11 is 0. The normalized spacial score (nSPS) is 16.6. The predicted octanol–water partition coefficient (Wildman–Crippen LogP) is 6.09. The lowest BCUT2D eigenvalue weighted by Crippen LogP contribution is -2.39. The SMILES string of the molecule is CN(C(=O)Cc1cc2ccccc2o1)[C@H](CN1CCCC1)c1cccc(OCC2=CC=CCC=C2)c1. The minimum Gasteiger partial charge on any atom is -0.489 e. The maximum Gasteiger partial charge on any atom is 0.230 e. The van der Waals surface area contributed by atoms with Crippen LogP contribution in [-0.4, -0.2) is 49.0 Å². The second kappa shape index (κ2) is 11.4. The molecule has 3 aromatic rings. The lowest BCUT2D eigenvalue weighted by atomic mass is 10.0. The van der Waals surface area contributed by atoms with Gasteiger partial charge in [-0.1, -0.05) is 60.7 Å². The summed E-state index contributed by atoms with van der Waals surface area (Å²) in [6.45, 7) is 3.48. The molecule has 186 valence electrons. The highest BCUT2D eigenvalue weighted by molar-refractivity contribution is 5.82. The van der Waals surface area contributed by atoms with Gasteiger partial charge < -0.3 is 19.0 Å². The van der Waals surface area contributed by atoms with Crippen LogP contribution in [0.1, 0.15) is 36.6 Å². The number of likely N-dealkylation sites (tertiary alicyclic amines) is 1. The molecule has 5 rings (SSSR count). The van der Waals surface area contributed by atoms with Gasteiger partial charge in [-0.25, -0.2) is 0 Å². The van der Waals surface area contributed by atoms with Gasteiger partial charge in [-0.2, -0.15) is 0 Å². The Balaban J connectivity index is 1.32. The fourth-order valence-corrected chi connectivity index (χ4v) is 4.93. The van der Waals surface area contributed by atoms with Gasteiger partial charge in [0.2, 0.25) is 5.91 Å². The number of benzene rings is 2. The summed E-state index contributed by atoms with van der Waals surface area (Å²) in [7, 11) is 1.91. The van der Waals surface area contributed by atoms with Crippen LogP contribution in [-0.2, 0) is 11.2 Å². The van der Waals surface area contributed by atoms with Crippen LogP contribution in [0.4, 0.5) is 0 Å². The summed E-state index contributed by atoms with van der Waals surface area (Å²) < 4.78 is 12.1. The molecule has 0 spiro atoms. The number of allylic oxidation sites excluding steroid dienone is 4. The van der Waals surface area contributed by atoms with Crippen molar-refractivity contribution < 1.29 is 13.9 Å². The van der Waals surface area contributed by atoms with Crippen LogP contribution in [0.15, 0.2) is 95.0 Å². The number of rotatable bonds is 9. The average molecular weight is 483 g/mol. The standard InChI is InChI=1S/C31H34N2O3/c1-32(31(34)21-28-20-26-13-6-7-16-30(26)36-28)29(22-33-17-8-9-18-33)25-14-10-15-27(19-25)35-23-24-11-4-2-3-5-12-24/h2,4-7,10-16,19-20,29H,3,8-9,17-18,21-23H2,1H3/t29-/m1/s1. The summed E-state index contributed by atoms with van der Waals surface area (Å²) in [4.78, 5) is 17.8. The molecule has 0 N–H and O–H groups in total. The number of nitrogens with zero attached hydrogens (tertiary/aromatic N) is 2. The Labute approximate surface area is 213 Å². The number of hydrogen-bond acceptors (Lipinski definition) is 4. The van der Waals surface area contributed by atoms with Crippen molar-refractivity contribution in [2.24, 2.45) is 0 Å². The lowest BCUT2D eigenvalue weighted by molar-refractivity contribution is -0.132. The molecule has 0 radical (unpaired) electrons.